The van der Waals surface area contributed by atoms with E-state index in [0.29, 0.717) is 5.92 Å². The van der Waals surface area contributed by atoms with E-state index in [2.05, 4.69) is 54.9 Å². The molecule has 0 saturated heterocycles. The molecule has 0 aliphatic rings. The second kappa shape index (κ2) is 5.74. The molecule has 1 rings (SSSR count). The highest BCUT2D eigenvalue weighted by Gasteiger charge is 2.10. The molecule has 80 valence electrons. The summed E-state index contributed by atoms with van der Waals surface area (Å²) >= 11 is 3.47. The molecule has 0 heterocycles. The molecule has 0 saturated carbocycles. The van der Waals surface area contributed by atoms with Crippen molar-refractivity contribution in [2.75, 3.05) is 0 Å². The minimum atomic E-state index is 0. The van der Waals surface area contributed by atoms with Gasteiger partial charge in [-0.15, -0.1) is 12.4 Å². The molecule has 0 aliphatic carbocycles. The Balaban J connectivity index is 0.00000169. The zero-order chi connectivity index (χ0) is 10.0. The average Bonchev–Trinajstić information content (AvgIpc) is 2.08. The Bertz CT molecular complexity index is 299. The fourth-order valence-electron chi connectivity index (χ4n) is 1.26. The summed E-state index contributed by atoms with van der Waals surface area (Å²) in [6, 6.07) is 6.44. The van der Waals surface area contributed by atoms with Crippen molar-refractivity contribution in [3.63, 3.8) is 0 Å². The number of aryl methyl sites for hydroxylation is 1. The molecule has 0 bridgehead atoms. The van der Waals surface area contributed by atoms with Crippen LogP contribution in [-0.2, 0) is 0 Å². The van der Waals surface area contributed by atoms with Gasteiger partial charge in [-0.2, -0.15) is 0 Å². The van der Waals surface area contributed by atoms with E-state index in [4.69, 9.17) is 5.73 Å². The summed E-state index contributed by atoms with van der Waals surface area (Å²) in [5.74, 6) is 0.487. The zero-order valence-electron chi connectivity index (χ0n) is 8.75. The van der Waals surface area contributed by atoms with Crippen molar-refractivity contribution in [2.24, 2.45) is 11.7 Å². The summed E-state index contributed by atoms with van der Waals surface area (Å²) in [5.41, 5.74) is 8.50. The fraction of sp³-hybridized carbons (Fsp3) is 0.455. The van der Waals surface area contributed by atoms with Crippen LogP contribution in [0.4, 0.5) is 0 Å². The molecule has 1 atom stereocenters. The van der Waals surface area contributed by atoms with Gasteiger partial charge in [0.05, 0.1) is 0 Å². The van der Waals surface area contributed by atoms with Gasteiger partial charge in [-0.25, -0.2) is 0 Å². The maximum Gasteiger partial charge on any atom is 0.0318 e. The Morgan fingerprint density at radius 2 is 1.86 bits per heavy atom. The molecule has 2 N–H and O–H groups in total. The van der Waals surface area contributed by atoms with E-state index in [1.165, 1.54) is 11.1 Å². The number of hydrogen-bond acceptors (Lipinski definition) is 1. The van der Waals surface area contributed by atoms with Crippen molar-refractivity contribution >= 4 is 28.3 Å². The Hall–Kier alpha value is -0.0500. The lowest BCUT2D eigenvalue weighted by atomic mass is 9.96. The number of rotatable bonds is 2. The van der Waals surface area contributed by atoms with Crippen LogP contribution < -0.4 is 5.73 Å². The quantitative estimate of drug-likeness (QED) is 0.874. The lowest BCUT2D eigenvalue weighted by molar-refractivity contribution is 0.514. The molecule has 14 heavy (non-hydrogen) atoms. The molecule has 3 heteroatoms. The van der Waals surface area contributed by atoms with Crippen LogP contribution in [0, 0.1) is 12.8 Å². The molecule has 0 aromatic heterocycles. The Labute approximate surface area is 101 Å². The van der Waals surface area contributed by atoms with E-state index in [9.17, 15) is 0 Å². The highest BCUT2D eigenvalue weighted by Crippen LogP contribution is 2.23. The summed E-state index contributed by atoms with van der Waals surface area (Å²) in [4.78, 5) is 0. The summed E-state index contributed by atoms with van der Waals surface area (Å²) in [7, 11) is 0. The van der Waals surface area contributed by atoms with Crippen molar-refractivity contribution in [2.45, 2.75) is 26.8 Å². The molecule has 1 aromatic carbocycles. The Morgan fingerprint density at radius 1 is 1.29 bits per heavy atom. The summed E-state index contributed by atoms with van der Waals surface area (Å²) < 4.78 is 1.15. The van der Waals surface area contributed by atoms with Crippen molar-refractivity contribution in [3.05, 3.63) is 33.8 Å². The standard InChI is InChI=1S/C11H16BrN.ClH/c1-7(2)11(13)9-4-5-10(12)8(3)6-9;/h4-7,11H,13H2,1-3H3;1H/t11-;/m1./s1. The third-order valence-corrected chi connectivity index (χ3v) is 3.17. The predicted octanol–water partition coefficient (Wildman–Crippen LogP) is 3.84. The van der Waals surface area contributed by atoms with Crippen molar-refractivity contribution in [3.8, 4) is 0 Å². The van der Waals surface area contributed by atoms with Crippen LogP contribution in [0.3, 0.4) is 0 Å². The van der Waals surface area contributed by atoms with Gasteiger partial charge in [0.1, 0.15) is 0 Å². The summed E-state index contributed by atoms with van der Waals surface area (Å²) in [6.07, 6.45) is 0. The Morgan fingerprint density at radius 3 is 2.29 bits per heavy atom. The van der Waals surface area contributed by atoms with E-state index in [1.54, 1.807) is 0 Å². The highest BCUT2D eigenvalue weighted by atomic mass is 79.9. The van der Waals surface area contributed by atoms with E-state index in [1.807, 2.05) is 0 Å². The van der Waals surface area contributed by atoms with E-state index in [0.717, 1.165) is 4.47 Å². The smallest absolute Gasteiger partial charge is 0.0318 e. The third-order valence-electron chi connectivity index (χ3n) is 2.29. The van der Waals surface area contributed by atoms with Gasteiger partial charge in [0.2, 0.25) is 0 Å². The van der Waals surface area contributed by atoms with Gasteiger partial charge < -0.3 is 5.73 Å². The first-order chi connectivity index (χ1) is 6.02. The van der Waals surface area contributed by atoms with Crippen LogP contribution in [0.15, 0.2) is 22.7 Å². The fourth-order valence-corrected chi connectivity index (χ4v) is 1.51. The normalized spacial score (nSPS) is 12.4. The largest absolute Gasteiger partial charge is 0.324 e. The van der Waals surface area contributed by atoms with Crippen molar-refractivity contribution < 1.29 is 0 Å². The highest BCUT2D eigenvalue weighted by molar-refractivity contribution is 9.10. The molecule has 0 radical (unpaired) electrons. The molecule has 0 unspecified atom stereocenters. The SMILES string of the molecule is Cc1cc([C@H](N)C(C)C)ccc1Br.Cl. The third kappa shape index (κ3) is 3.26. The zero-order valence-corrected chi connectivity index (χ0v) is 11.2. The van der Waals surface area contributed by atoms with E-state index in [-0.39, 0.29) is 18.4 Å². The lowest BCUT2D eigenvalue weighted by Gasteiger charge is -2.16. The van der Waals surface area contributed by atoms with Gasteiger partial charge >= 0.3 is 0 Å². The lowest BCUT2D eigenvalue weighted by Crippen LogP contribution is -2.16. The molecular weight excluding hydrogens is 261 g/mol. The van der Waals surface area contributed by atoms with Gasteiger partial charge in [-0.3, -0.25) is 0 Å². The topological polar surface area (TPSA) is 26.0 Å². The molecule has 0 spiro atoms. The van der Waals surface area contributed by atoms with Crippen LogP contribution >= 0.6 is 28.3 Å². The van der Waals surface area contributed by atoms with Crippen molar-refractivity contribution in [1.82, 2.24) is 0 Å². The first-order valence-electron chi connectivity index (χ1n) is 4.54. The Kier molecular flexibility index (Phi) is 5.72. The van der Waals surface area contributed by atoms with Crippen LogP contribution in [0.2, 0.25) is 0 Å². The van der Waals surface area contributed by atoms with Crippen LogP contribution in [0.5, 0.6) is 0 Å². The molecule has 0 amide bonds. The van der Waals surface area contributed by atoms with Crippen LogP contribution in [0.1, 0.15) is 31.0 Å². The number of halogens is 2. The molecule has 0 fully saturated rings. The number of hydrogen-bond donors (Lipinski definition) is 1. The first kappa shape index (κ1) is 13.9. The molecular formula is C11H17BrClN. The van der Waals surface area contributed by atoms with Gasteiger partial charge in [-0.1, -0.05) is 41.9 Å². The van der Waals surface area contributed by atoms with Crippen LogP contribution in [-0.4, -0.2) is 0 Å². The summed E-state index contributed by atoms with van der Waals surface area (Å²) in [5, 5.41) is 0. The maximum atomic E-state index is 6.04. The van der Waals surface area contributed by atoms with E-state index < -0.39 is 0 Å². The number of nitrogens with two attached hydrogens (primary N) is 1. The van der Waals surface area contributed by atoms with Gasteiger partial charge in [-0.05, 0) is 30.0 Å². The van der Waals surface area contributed by atoms with Crippen molar-refractivity contribution in [1.29, 1.82) is 0 Å². The molecule has 1 nitrogen and oxygen atoms in total. The minimum Gasteiger partial charge on any atom is -0.324 e. The predicted molar refractivity (Wildman–Crippen MR) is 67.9 cm³/mol. The molecule has 1 aromatic rings. The molecule has 0 aliphatic heterocycles. The number of benzene rings is 1. The minimum absolute atomic E-state index is 0. The monoisotopic (exact) mass is 277 g/mol. The first-order valence-corrected chi connectivity index (χ1v) is 5.33. The van der Waals surface area contributed by atoms with Gasteiger partial charge in [0.15, 0.2) is 0 Å². The average molecular weight is 279 g/mol. The van der Waals surface area contributed by atoms with E-state index >= 15 is 0 Å². The summed E-state index contributed by atoms with van der Waals surface area (Å²) in [6.45, 7) is 6.37. The van der Waals surface area contributed by atoms with Crippen LogP contribution in [0.25, 0.3) is 0 Å². The second-order valence-corrected chi connectivity index (χ2v) is 4.63. The van der Waals surface area contributed by atoms with Gasteiger partial charge in [0, 0.05) is 10.5 Å². The maximum absolute atomic E-state index is 6.04. The van der Waals surface area contributed by atoms with Gasteiger partial charge in [0.25, 0.3) is 0 Å². The second-order valence-electron chi connectivity index (χ2n) is 3.78.